The van der Waals surface area contributed by atoms with Gasteiger partial charge in [-0.25, -0.2) is 0 Å². The SMILES string of the molecule is Cc1c(C)c2c(c(C)c1N)CC(C)O2.Oc1ccc(-c2ccn[nH]2)cc1. The number of nitrogens with two attached hydrogens (primary N) is 1. The van der Waals surface area contributed by atoms with Crippen molar-refractivity contribution in [2.24, 2.45) is 0 Å². The second-order valence-electron chi connectivity index (χ2n) is 6.75. The number of fused-ring (bicyclic) bond motifs is 1. The fourth-order valence-corrected chi connectivity index (χ4v) is 3.21. The van der Waals surface area contributed by atoms with Crippen LogP contribution >= 0.6 is 0 Å². The Labute approximate surface area is 153 Å². The largest absolute Gasteiger partial charge is 0.508 e. The molecule has 4 N–H and O–H groups in total. The lowest BCUT2D eigenvalue weighted by molar-refractivity contribution is 0.253. The van der Waals surface area contributed by atoms with E-state index in [9.17, 15) is 0 Å². The lowest BCUT2D eigenvalue weighted by Gasteiger charge is -2.13. The molecule has 2 aromatic carbocycles. The number of rotatable bonds is 1. The molecule has 1 aliphatic rings. The molecule has 4 rings (SSSR count). The fourth-order valence-electron chi connectivity index (χ4n) is 3.21. The van der Waals surface area contributed by atoms with E-state index in [2.05, 4.69) is 37.9 Å². The highest BCUT2D eigenvalue weighted by atomic mass is 16.5. The molecule has 0 amide bonds. The van der Waals surface area contributed by atoms with Crippen molar-refractivity contribution in [3.8, 4) is 22.8 Å². The van der Waals surface area contributed by atoms with Gasteiger partial charge in [-0.2, -0.15) is 5.10 Å². The molecule has 3 aromatic rings. The molecule has 0 saturated carbocycles. The van der Waals surface area contributed by atoms with Crippen LogP contribution in [-0.4, -0.2) is 21.4 Å². The summed E-state index contributed by atoms with van der Waals surface area (Å²) in [6, 6.07) is 8.85. The van der Waals surface area contributed by atoms with Crippen molar-refractivity contribution in [3.63, 3.8) is 0 Å². The van der Waals surface area contributed by atoms with Crippen LogP contribution in [0, 0.1) is 20.8 Å². The van der Waals surface area contributed by atoms with Gasteiger partial charge < -0.3 is 15.6 Å². The topological polar surface area (TPSA) is 84.2 Å². The van der Waals surface area contributed by atoms with Gasteiger partial charge in [0.1, 0.15) is 17.6 Å². The molecule has 26 heavy (non-hydrogen) atoms. The monoisotopic (exact) mass is 351 g/mol. The van der Waals surface area contributed by atoms with Gasteiger partial charge >= 0.3 is 0 Å². The minimum absolute atomic E-state index is 0.276. The molecule has 2 heterocycles. The quantitative estimate of drug-likeness (QED) is 0.571. The van der Waals surface area contributed by atoms with Crippen LogP contribution in [0.25, 0.3) is 11.3 Å². The minimum Gasteiger partial charge on any atom is -0.508 e. The van der Waals surface area contributed by atoms with Gasteiger partial charge in [-0.3, -0.25) is 5.10 Å². The van der Waals surface area contributed by atoms with Crippen molar-refractivity contribution in [3.05, 3.63) is 58.8 Å². The van der Waals surface area contributed by atoms with Gasteiger partial charge in [0.15, 0.2) is 0 Å². The summed E-state index contributed by atoms with van der Waals surface area (Å²) in [5, 5.41) is 15.7. The summed E-state index contributed by atoms with van der Waals surface area (Å²) in [7, 11) is 0. The Bertz CT molecular complexity index is 863. The molecule has 5 heteroatoms. The Hall–Kier alpha value is -2.95. The Morgan fingerprint density at radius 3 is 2.38 bits per heavy atom. The highest BCUT2D eigenvalue weighted by Gasteiger charge is 2.25. The molecular formula is C21H25N3O2. The second-order valence-corrected chi connectivity index (χ2v) is 6.75. The predicted octanol–water partition coefficient (Wildman–Crippen LogP) is 4.30. The first-order valence-electron chi connectivity index (χ1n) is 8.72. The summed E-state index contributed by atoms with van der Waals surface area (Å²) >= 11 is 0. The average Bonchev–Trinajstić information content (AvgIpc) is 3.29. The second kappa shape index (κ2) is 7.12. The van der Waals surface area contributed by atoms with E-state index in [0.29, 0.717) is 6.10 Å². The molecule has 1 unspecified atom stereocenters. The van der Waals surface area contributed by atoms with Crippen molar-refractivity contribution in [1.29, 1.82) is 0 Å². The predicted molar refractivity (Wildman–Crippen MR) is 105 cm³/mol. The number of aromatic amines is 1. The molecule has 0 fully saturated rings. The van der Waals surface area contributed by atoms with Crippen LogP contribution in [0.4, 0.5) is 5.69 Å². The number of benzene rings is 2. The number of nitrogens with zero attached hydrogens (tertiary/aromatic N) is 1. The van der Waals surface area contributed by atoms with E-state index < -0.39 is 0 Å². The molecular weight excluding hydrogens is 326 g/mol. The van der Waals surface area contributed by atoms with Crippen LogP contribution in [0.5, 0.6) is 11.5 Å². The smallest absolute Gasteiger partial charge is 0.126 e. The van der Waals surface area contributed by atoms with Gasteiger partial charge in [0, 0.05) is 23.9 Å². The first kappa shape index (κ1) is 17.9. The van der Waals surface area contributed by atoms with Crippen LogP contribution in [0.2, 0.25) is 0 Å². The lowest BCUT2D eigenvalue weighted by Crippen LogP contribution is -2.05. The van der Waals surface area contributed by atoms with E-state index in [1.165, 1.54) is 16.7 Å². The number of H-pyrrole nitrogens is 1. The van der Waals surface area contributed by atoms with Crippen LogP contribution in [0.1, 0.15) is 29.2 Å². The van der Waals surface area contributed by atoms with E-state index >= 15 is 0 Å². The highest BCUT2D eigenvalue weighted by molar-refractivity contribution is 5.66. The molecule has 0 spiro atoms. The first-order valence-corrected chi connectivity index (χ1v) is 8.72. The molecule has 1 aliphatic heterocycles. The zero-order valence-electron chi connectivity index (χ0n) is 15.6. The molecule has 1 atom stereocenters. The Balaban J connectivity index is 0.000000152. The summed E-state index contributed by atoms with van der Waals surface area (Å²) in [5.41, 5.74) is 13.8. The van der Waals surface area contributed by atoms with Gasteiger partial charge in [-0.05, 0) is 80.3 Å². The number of hydrogen-bond donors (Lipinski definition) is 3. The van der Waals surface area contributed by atoms with Crippen LogP contribution in [0.3, 0.4) is 0 Å². The number of nitrogen functional groups attached to an aromatic ring is 1. The van der Waals surface area contributed by atoms with E-state index in [1.54, 1.807) is 18.3 Å². The van der Waals surface area contributed by atoms with Crippen molar-refractivity contribution < 1.29 is 9.84 Å². The number of anilines is 1. The number of hydrogen-bond acceptors (Lipinski definition) is 4. The number of ether oxygens (including phenoxy) is 1. The van der Waals surface area contributed by atoms with Crippen LogP contribution < -0.4 is 10.5 Å². The lowest BCUT2D eigenvalue weighted by atomic mass is 9.95. The minimum atomic E-state index is 0.276. The van der Waals surface area contributed by atoms with Crippen LogP contribution in [0.15, 0.2) is 36.5 Å². The van der Waals surface area contributed by atoms with Gasteiger partial charge in [0.05, 0.1) is 5.69 Å². The maximum atomic E-state index is 9.03. The maximum absolute atomic E-state index is 9.03. The maximum Gasteiger partial charge on any atom is 0.126 e. The molecule has 136 valence electrons. The van der Waals surface area contributed by atoms with Crippen molar-refractivity contribution in [2.75, 3.05) is 5.73 Å². The molecule has 5 nitrogen and oxygen atoms in total. The molecule has 0 saturated heterocycles. The summed E-state index contributed by atoms with van der Waals surface area (Å²) < 4.78 is 5.80. The van der Waals surface area contributed by atoms with Gasteiger partial charge in [-0.1, -0.05) is 0 Å². The third-order valence-electron chi connectivity index (χ3n) is 4.93. The van der Waals surface area contributed by atoms with Crippen LogP contribution in [-0.2, 0) is 6.42 Å². The van der Waals surface area contributed by atoms with E-state index in [0.717, 1.165) is 34.7 Å². The zero-order chi connectivity index (χ0) is 18.8. The third kappa shape index (κ3) is 3.38. The number of phenols is 1. The van der Waals surface area contributed by atoms with Crippen molar-refractivity contribution in [2.45, 2.75) is 40.2 Å². The van der Waals surface area contributed by atoms with E-state index in [-0.39, 0.29) is 5.75 Å². The standard InChI is InChI=1S/C12H17NO.C9H8N2O/c1-6-5-10-9(4)11(13)7(2)8(3)12(10)14-6;12-8-3-1-7(2-4-8)9-5-6-10-11-9/h6H,5,13H2,1-4H3;1-6,12H,(H,10,11). The number of phenolic OH excluding ortho intramolecular Hbond substituents is 1. The third-order valence-corrected chi connectivity index (χ3v) is 4.93. The molecule has 0 bridgehead atoms. The van der Waals surface area contributed by atoms with E-state index in [1.807, 2.05) is 18.2 Å². The molecule has 0 aliphatic carbocycles. The molecule has 1 aromatic heterocycles. The fraction of sp³-hybridized carbons (Fsp3) is 0.286. The number of aromatic hydroxyl groups is 1. The highest BCUT2D eigenvalue weighted by Crippen LogP contribution is 2.39. The zero-order valence-corrected chi connectivity index (χ0v) is 15.6. The Kier molecular flexibility index (Phi) is 4.89. The Morgan fingerprint density at radius 2 is 1.77 bits per heavy atom. The van der Waals surface area contributed by atoms with E-state index in [4.69, 9.17) is 15.6 Å². The Morgan fingerprint density at radius 1 is 1.08 bits per heavy atom. The van der Waals surface area contributed by atoms with Crippen molar-refractivity contribution >= 4 is 5.69 Å². The summed E-state index contributed by atoms with van der Waals surface area (Å²) in [6.07, 6.45) is 2.98. The van der Waals surface area contributed by atoms with Crippen molar-refractivity contribution in [1.82, 2.24) is 10.2 Å². The molecule has 0 radical (unpaired) electrons. The number of nitrogens with one attached hydrogen (secondary N) is 1. The summed E-state index contributed by atoms with van der Waals surface area (Å²) in [6.45, 7) is 8.33. The van der Waals surface area contributed by atoms with Gasteiger partial charge in [0.2, 0.25) is 0 Å². The normalized spacial score (nSPS) is 15.0. The summed E-state index contributed by atoms with van der Waals surface area (Å²) in [5.74, 6) is 1.35. The average molecular weight is 351 g/mol. The first-order chi connectivity index (χ1) is 12.4. The van der Waals surface area contributed by atoms with Gasteiger partial charge in [0.25, 0.3) is 0 Å². The summed E-state index contributed by atoms with van der Waals surface area (Å²) in [4.78, 5) is 0. The number of aromatic nitrogens is 2. The van der Waals surface area contributed by atoms with Gasteiger partial charge in [-0.15, -0.1) is 0 Å².